The Morgan fingerprint density at radius 1 is 1.00 bits per heavy atom. The van der Waals surface area contributed by atoms with Crippen molar-refractivity contribution in [3.8, 4) is 0 Å². The fourth-order valence-electron chi connectivity index (χ4n) is 5.39. The smallest absolute Gasteiger partial charge is 0.253 e. The molecule has 1 saturated carbocycles. The number of piperidine rings is 2. The van der Waals surface area contributed by atoms with E-state index in [9.17, 15) is 9.59 Å². The lowest BCUT2D eigenvalue weighted by Gasteiger charge is -2.44. The molecule has 0 aromatic rings. The summed E-state index contributed by atoms with van der Waals surface area (Å²) in [5.41, 5.74) is 0.920. The lowest BCUT2D eigenvalue weighted by atomic mass is 9.78. The van der Waals surface area contributed by atoms with Crippen molar-refractivity contribution in [2.75, 3.05) is 25.4 Å². The van der Waals surface area contributed by atoms with Gasteiger partial charge >= 0.3 is 0 Å². The van der Waals surface area contributed by atoms with Crippen LogP contribution in [0.15, 0.2) is 22.6 Å². The van der Waals surface area contributed by atoms with Gasteiger partial charge in [0.1, 0.15) is 0 Å². The third-order valence-electron chi connectivity index (χ3n) is 6.94. The average Bonchev–Trinajstić information content (AvgIpc) is 2.73. The van der Waals surface area contributed by atoms with Gasteiger partial charge in [0.05, 0.1) is 0 Å². The third kappa shape index (κ3) is 4.13. The molecule has 0 bridgehead atoms. The molecule has 0 radical (unpaired) electrons. The molecule has 3 fully saturated rings. The number of carbonyl (C=O) groups excluding carboxylic acids is 2. The summed E-state index contributed by atoms with van der Waals surface area (Å²) in [7, 11) is 0. The molecular weight excluding hydrogens is 356 g/mol. The predicted octanol–water partition coefficient (Wildman–Crippen LogP) is 3.98. The van der Waals surface area contributed by atoms with Crippen molar-refractivity contribution in [1.29, 1.82) is 0 Å². The Kier molecular flexibility index (Phi) is 5.96. The van der Waals surface area contributed by atoms with Gasteiger partial charge in [0, 0.05) is 43.9 Å². The van der Waals surface area contributed by atoms with Gasteiger partial charge in [-0.05, 0) is 61.3 Å². The van der Waals surface area contributed by atoms with Gasteiger partial charge in [-0.3, -0.25) is 9.59 Å². The summed E-state index contributed by atoms with van der Waals surface area (Å²) in [6, 6.07) is 0.478. The van der Waals surface area contributed by atoms with Crippen molar-refractivity contribution < 1.29 is 9.59 Å². The van der Waals surface area contributed by atoms with E-state index < -0.39 is 0 Å². The van der Waals surface area contributed by atoms with Gasteiger partial charge < -0.3 is 9.80 Å². The molecule has 0 aromatic carbocycles. The van der Waals surface area contributed by atoms with Crippen molar-refractivity contribution in [3.63, 3.8) is 0 Å². The molecule has 0 aromatic heterocycles. The van der Waals surface area contributed by atoms with Crippen molar-refractivity contribution in [2.45, 2.75) is 64.3 Å². The number of likely N-dealkylation sites (tertiary alicyclic amines) is 2. The van der Waals surface area contributed by atoms with Crippen LogP contribution >= 0.6 is 11.8 Å². The number of amides is 2. The molecule has 2 saturated heterocycles. The summed E-state index contributed by atoms with van der Waals surface area (Å²) in [4.78, 5) is 30.4. The SMILES string of the molecule is CC(=O)N1CCC(C2=CC(C(=O)N3CCCC4CCCCC43)=CCS2)CC1. The van der Waals surface area contributed by atoms with E-state index in [1.807, 2.05) is 16.7 Å². The summed E-state index contributed by atoms with van der Waals surface area (Å²) in [6.07, 6.45) is 13.9. The Labute approximate surface area is 167 Å². The molecule has 1 aliphatic carbocycles. The summed E-state index contributed by atoms with van der Waals surface area (Å²) < 4.78 is 0. The van der Waals surface area contributed by atoms with Gasteiger partial charge in [0.2, 0.25) is 5.91 Å². The van der Waals surface area contributed by atoms with Crippen LogP contribution in [0, 0.1) is 11.8 Å². The number of fused-ring (bicyclic) bond motifs is 1. The minimum atomic E-state index is 0.182. The number of hydrogen-bond donors (Lipinski definition) is 0. The van der Waals surface area contributed by atoms with Gasteiger partial charge in [0.25, 0.3) is 5.91 Å². The van der Waals surface area contributed by atoms with Crippen molar-refractivity contribution in [1.82, 2.24) is 9.80 Å². The number of allylic oxidation sites excluding steroid dienone is 1. The topological polar surface area (TPSA) is 40.6 Å². The van der Waals surface area contributed by atoms with Gasteiger partial charge in [-0.1, -0.05) is 18.9 Å². The molecule has 2 unspecified atom stereocenters. The Bertz CT molecular complexity index is 647. The summed E-state index contributed by atoms with van der Waals surface area (Å²) in [6.45, 7) is 4.29. The first-order chi connectivity index (χ1) is 13.1. The molecule has 4 nitrogen and oxygen atoms in total. The molecule has 4 rings (SSSR count). The Hall–Kier alpha value is -1.23. The maximum atomic E-state index is 13.3. The second kappa shape index (κ2) is 8.42. The van der Waals surface area contributed by atoms with E-state index >= 15 is 0 Å². The molecule has 2 amide bonds. The molecule has 3 heterocycles. The van der Waals surface area contributed by atoms with E-state index in [0.29, 0.717) is 12.0 Å². The Balaban J connectivity index is 1.43. The zero-order chi connectivity index (χ0) is 18.8. The zero-order valence-corrected chi connectivity index (χ0v) is 17.3. The number of nitrogens with zero attached hydrogens (tertiary/aromatic N) is 2. The number of rotatable bonds is 2. The van der Waals surface area contributed by atoms with Gasteiger partial charge in [-0.25, -0.2) is 0 Å². The molecular formula is C22H32N2O2S. The van der Waals surface area contributed by atoms with E-state index in [1.165, 1.54) is 37.0 Å². The zero-order valence-electron chi connectivity index (χ0n) is 16.5. The van der Waals surface area contributed by atoms with Gasteiger partial charge in [0.15, 0.2) is 0 Å². The largest absolute Gasteiger partial charge is 0.343 e. The van der Waals surface area contributed by atoms with Crippen LogP contribution in [0.4, 0.5) is 0 Å². The molecule has 5 heteroatoms. The van der Waals surface area contributed by atoms with Crippen LogP contribution in [0.3, 0.4) is 0 Å². The Morgan fingerprint density at radius 3 is 2.52 bits per heavy atom. The van der Waals surface area contributed by atoms with E-state index in [1.54, 1.807) is 6.92 Å². The number of carbonyl (C=O) groups is 2. The van der Waals surface area contributed by atoms with Crippen LogP contribution in [0.1, 0.15) is 58.3 Å². The van der Waals surface area contributed by atoms with Crippen LogP contribution in [-0.2, 0) is 9.59 Å². The highest BCUT2D eigenvalue weighted by atomic mass is 32.2. The summed E-state index contributed by atoms with van der Waals surface area (Å²) >= 11 is 1.88. The maximum Gasteiger partial charge on any atom is 0.253 e. The second-order valence-electron chi connectivity index (χ2n) is 8.55. The Morgan fingerprint density at radius 2 is 1.74 bits per heavy atom. The average molecular weight is 389 g/mol. The number of thioether (sulfide) groups is 1. The standard InChI is InChI=1S/C22H32N2O2S/c1-16(25)23-12-8-18(9-13-23)21-15-19(10-14-27-21)22(26)24-11-4-6-17-5-2-3-7-20(17)24/h10,15,17-18,20H,2-9,11-14H2,1H3. The van der Waals surface area contributed by atoms with Crippen LogP contribution in [0.2, 0.25) is 0 Å². The van der Waals surface area contributed by atoms with Crippen LogP contribution < -0.4 is 0 Å². The van der Waals surface area contributed by atoms with E-state index in [-0.39, 0.29) is 11.8 Å². The van der Waals surface area contributed by atoms with E-state index in [0.717, 1.165) is 56.1 Å². The maximum absolute atomic E-state index is 13.3. The van der Waals surface area contributed by atoms with Crippen LogP contribution in [0.5, 0.6) is 0 Å². The monoisotopic (exact) mass is 388 g/mol. The minimum absolute atomic E-state index is 0.182. The highest BCUT2D eigenvalue weighted by molar-refractivity contribution is 8.03. The summed E-state index contributed by atoms with van der Waals surface area (Å²) in [5, 5.41) is 0. The lowest BCUT2D eigenvalue weighted by molar-refractivity contribution is -0.133. The third-order valence-corrected chi connectivity index (χ3v) is 8.06. The second-order valence-corrected chi connectivity index (χ2v) is 9.64. The van der Waals surface area contributed by atoms with E-state index in [4.69, 9.17) is 0 Å². The first-order valence-electron chi connectivity index (χ1n) is 10.7. The first kappa shape index (κ1) is 19.1. The fraction of sp³-hybridized carbons (Fsp3) is 0.727. The lowest BCUT2D eigenvalue weighted by Crippen LogP contribution is -2.50. The highest BCUT2D eigenvalue weighted by Gasteiger charge is 2.36. The minimum Gasteiger partial charge on any atom is -0.343 e. The molecule has 0 spiro atoms. The number of hydrogen-bond acceptors (Lipinski definition) is 3. The molecule has 4 aliphatic rings. The normalized spacial score (nSPS) is 29.7. The molecule has 2 atom stereocenters. The van der Waals surface area contributed by atoms with Gasteiger partial charge in [-0.2, -0.15) is 0 Å². The van der Waals surface area contributed by atoms with E-state index in [2.05, 4.69) is 17.1 Å². The quantitative estimate of drug-likeness (QED) is 0.718. The van der Waals surface area contributed by atoms with Crippen LogP contribution in [0.25, 0.3) is 0 Å². The van der Waals surface area contributed by atoms with Crippen molar-refractivity contribution >= 4 is 23.6 Å². The highest BCUT2D eigenvalue weighted by Crippen LogP contribution is 2.39. The van der Waals surface area contributed by atoms with Gasteiger partial charge in [-0.15, -0.1) is 11.8 Å². The molecule has 0 N–H and O–H groups in total. The molecule has 3 aliphatic heterocycles. The molecule has 148 valence electrons. The fourth-order valence-corrected chi connectivity index (χ4v) is 6.52. The first-order valence-corrected chi connectivity index (χ1v) is 11.7. The summed E-state index contributed by atoms with van der Waals surface area (Å²) in [5.74, 6) is 2.59. The van der Waals surface area contributed by atoms with Crippen molar-refractivity contribution in [2.24, 2.45) is 11.8 Å². The molecule has 27 heavy (non-hydrogen) atoms. The van der Waals surface area contributed by atoms with Crippen molar-refractivity contribution in [3.05, 3.63) is 22.6 Å². The van der Waals surface area contributed by atoms with Crippen LogP contribution in [-0.4, -0.2) is 53.0 Å². The predicted molar refractivity (Wildman–Crippen MR) is 110 cm³/mol.